The Bertz CT molecular complexity index is 1900. The van der Waals surface area contributed by atoms with Crippen molar-refractivity contribution in [2.45, 2.75) is 0 Å². The average Bonchev–Trinajstić information content (AvgIpc) is 3.42. The van der Waals surface area contributed by atoms with E-state index in [9.17, 15) is 9.59 Å². The lowest BCUT2D eigenvalue weighted by molar-refractivity contribution is 0.0733. The molecule has 1 heterocycles. The molecule has 0 bridgehead atoms. The Morgan fingerprint density at radius 2 is 1.66 bits per heavy atom. The number of esters is 1. The lowest BCUT2D eigenvalue weighted by Gasteiger charge is -2.14. The van der Waals surface area contributed by atoms with E-state index < -0.39 is 11.9 Å². The number of benzene rings is 4. The highest BCUT2D eigenvalue weighted by molar-refractivity contribution is 14.1. The van der Waals surface area contributed by atoms with Crippen molar-refractivity contribution in [1.82, 2.24) is 10.4 Å². The number of ether oxygens (including phenoxy) is 4. The molecule has 9 nitrogen and oxygen atoms in total. The van der Waals surface area contributed by atoms with Crippen molar-refractivity contribution in [3.63, 3.8) is 0 Å². The summed E-state index contributed by atoms with van der Waals surface area (Å²) in [5.41, 5.74) is 5.68. The molecule has 0 unspecified atom stereocenters. The minimum Gasteiger partial charge on any atom is -0.493 e. The van der Waals surface area contributed by atoms with Crippen LogP contribution in [0.25, 0.3) is 22.0 Å². The predicted octanol–water partition coefficient (Wildman–Crippen LogP) is 7.86. The Morgan fingerprint density at radius 3 is 2.34 bits per heavy atom. The zero-order valence-corrected chi connectivity index (χ0v) is 28.0. The molecule has 0 atom stereocenters. The molecule has 0 spiro atoms. The van der Waals surface area contributed by atoms with Crippen LogP contribution in [0.2, 0.25) is 5.02 Å². The number of hydrogen-bond acceptors (Lipinski definition) is 7. The number of aromatic amines is 1. The van der Waals surface area contributed by atoms with Gasteiger partial charge >= 0.3 is 5.97 Å². The van der Waals surface area contributed by atoms with Crippen LogP contribution in [-0.4, -0.2) is 44.4 Å². The number of carbonyl (C=O) groups is 2. The van der Waals surface area contributed by atoms with E-state index in [-0.39, 0.29) is 11.3 Å². The van der Waals surface area contributed by atoms with E-state index in [1.54, 1.807) is 24.3 Å². The molecule has 0 aliphatic heterocycles. The summed E-state index contributed by atoms with van der Waals surface area (Å²) in [6.07, 6.45) is 1.39. The Hall–Kier alpha value is -4.07. The molecular weight excluding hydrogens is 765 g/mol. The van der Waals surface area contributed by atoms with Crippen molar-refractivity contribution in [2.24, 2.45) is 5.10 Å². The summed E-state index contributed by atoms with van der Waals surface area (Å²) < 4.78 is 23.4. The fourth-order valence-electron chi connectivity index (χ4n) is 4.58. The third-order valence-electron chi connectivity index (χ3n) is 6.60. The second kappa shape index (κ2) is 13.7. The molecule has 12 heteroatoms. The lowest BCUT2D eigenvalue weighted by Crippen LogP contribution is -2.19. The Morgan fingerprint density at radius 1 is 0.932 bits per heavy atom. The van der Waals surface area contributed by atoms with E-state index in [1.807, 2.05) is 36.4 Å². The van der Waals surface area contributed by atoms with Gasteiger partial charge < -0.3 is 23.9 Å². The summed E-state index contributed by atoms with van der Waals surface area (Å²) in [6, 6.07) is 21.2. The summed E-state index contributed by atoms with van der Waals surface area (Å²) in [5.74, 6) is 0.0308. The molecule has 0 fully saturated rings. The maximum absolute atomic E-state index is 13.5. The minimum atomic E-state index is -0.665. The third-order valence-corrected chi connectivity index (χ3v) is 8.32. The quantitative estimate of drug-likeness (QED) is 0.0518. The Labute approximate surface area is 279 Å². The van der Waals surface area contributed by atoms with Crippen LogP contribution in [0.5, 0.6) is 23.0 Å². The number of methoxy groups -OCH3 is 3. The first-order valence-corrected chi connectivity index (χ1v) is 15.2. The number of hydrazone groups is 1. The van der Waals surface area contributed by atoms with Crippen molar-refractivity contribution in [2.75, 3.05) is 21.3 Å². The summed E-state index contributed by atoms with van der Waals surface area (Å²) in [5, 5.41) is 5.54. The van der Waals surface area contributed by atoms with Crippen LogP contribution in [0.3, 0.4) is 0 Å². The van der Waals surface area contributed by atoms with Crippen molar-refractivity contribution in [3.05, 3.63) is 103 Å². The van der Waals surface area contributed by atoms with Crippen LogP contribution in [0.4, 0.5) is 0 Å². The first-order valence-electron chi connectivity index (χ1n) is 13.0. The number of nitrogens with zero attached hydrogens (tertiary/aromatic N) is 1. The van der Waals surface area contributed by atoms with Crippen LogP contribution in [0.1, 0.15) is 26.4 Å². The monoisotopic (exact) mass is 787 g/mol. The van der Waals surface area contributed by atoms with Crippen molar-refractivity contribution >= 4 is 79.1 Å². The highest BCUT2D eigenvalue weighted by Gasteiger charge is 2.22. The first-order chi connectivity index (χ1) is 21.2. The van der Waals surface area contributed by atoms with E-state index in [0.29, 0.717) is 49.1 Å². The lowest BCUT2D eigenvalue weighted by atomic mass is 10.0. The zero-order valence-electron chi connectivity index (χ0n) is 23.5. The molecule has 44 heavy (non-hydrogen) atoms. The number of carbonyl (C=O) groups excluding carboxylic acids is 2. The van der Waals surface area contributed by atoms with Gasteiger partial charge in [-0.2, -0.15) is 5.10 Å². The van der Waals surface area contributed by atoms with E-state index in [4.69, 9.17) is 30.5 Å². The first kappa shape index (κ1) is 31.4. The number of amides is 1. The van der Waals surface area contributed by atoms with Crippen molar-refractivity contribution in [1.29, 1.82) is 0 Å². The second-order valence-corrected chi connectivity index (χ2v) is 11.7. The number of H-pyrrole nitrogens is 1. The van der Waals surface area contributed by atoms with Gasteiger partial charge in [0, 0.05) is 35.1 Å². The molecule has 224 valence electrons. The molecule has 0 radical (unpaired) electrons. The van der Waals surface area contributed by atoms with Crippen LogP contribution in [0.15, 0.2) is 82.4 Å². The number of para-hydroxylation sites is 1. The number of rotatable bonds is 9. The van der Waals surface area contributed by atoms with Gasteiger partial charge in [0.2, 0.25) is 5.75 Å². The molecular formula is C32H24BrClIN3O6. The predicted molar refractivity (Wildman–Crippen MR) is 182 cm³/mol. The van der Waals surface area contributed by atoms with Gasteiger partial charge in [-0.15, -0.1) is 0 Å². The van der Waals surface area contributed by atoms with Crippen LogP contribution < -0.4 is 24.4 Å². The summed E-state index contributed by atoms with van der Waals surface area (Å²) in [6.45, 7) is 0. The third kappa shape index (κ3) is 6.40. The Balaban J connectivity index is 1.43. The van der Waals surface area contributed by atoms with Gasteiger partial charge in [0.15, 0.2) is 11.5 Å². The molecule has 0 aliphatic rings. The van der Waals surface area contributed by atoms with Crippen molar-refractivity contribution < 1.29 is 28.5 Å². The van der Waals surface area contributed by atoms with E-state index >= 15 is 0 Å². The maximum Gasteiger partial charge on any atom is 0.343 e. The zero-order chi connectivity index (χ0) is 31.4. The van der Waals surface area contributed by atoms with Crippen LogP contribution in [-0.2, 0) is 0 Å². The standard InChI is InChI=1S/C32H24BrClIN3O6/c1-41-25-14-17(15-26(42-2)30(25)43-3)32(40)44-24-12-11-19(33)13-18(24)16-36-38-31(39)29-27(20-7-4-5-9-22(20)34)21-8-6-10-23(35)28(21)37-29/h4-16,37H,1-3H3,(H,38,39). The van der Waals surface area contributed by atoms with Gasteiger partial charge in [-0.25, -0.2) is 10.2 Å². The van der Waals surface area contributed by atoms with Crippen LogP contribution >= 0.6 is 50.1 Å². The fourth-order valence-corrected chi connectivity index (χ4v) is 5.82. The molecule has 1 aromatic heterocycles. The molecule has 5 rings (SSSR count). The normalized spacial score (nSPS) is 11.0. The topological polar surface area (TPSA) is 111 Å². The number of hydrogen-bond donors (Lipinski definition) is 2. The van der Waals surface area contributed by atoms with Crippen molar-refractivity contribution in [3.8, 4) is 34.1 Å². The smallest absolute Gasteiger partial charge is 0.343 e. The fraction of sp³-hybridized carbons (Fsp3) is 0.0938. The highest BCUT2D eigenvalue weighted by Crippen LogP contribution is 2.39. The maximum atomic E-state index is 13.5. The number of nitrogens with one attached hydrogen (secondary N) is 2. The van der Waals surface area contributed by atoms with Gasteiger partial charge in [0.25, 0.3) is 5.91 Å². The van der Waals surface area contributed by atoms with E-state index in [0.717, 1.165) is 14.5 Å². The minimum absolute atomic E-state index is 0.180. The number of fused-ring (bicyclic) bond motifs is 1. The van der Waals surface area contributed by atoms with E-state index in [1.165, 1.54) is 39.7 Å². The SMILES string of the molecule is COc1cc(C(=O)Oc2ccc(Br)cc2C=NNC(=O)c2[nH]c3c(I)cccc3c2-c2ccccc2Cl)cc(OC)c1OC. The number of aromatic nitrogens is 1. The van der Waals surface area contributed by atoms with Gasteiger partial charge in [-0.3, -0.25) is 4.79 Å². The Kier molecular flexibility index (Phi) is 9.77. The molecule has 4 aromatic carbocycles. The van der Waals surface area contributed by atoms with E-state index in [2.05, 4.69) is 54.0 Å². The second-order valence-electron chi connectivity index (χ2n) is 9.20. The molecule has 0 saturated carbocycles. The highest BCUT2D eigenvalue weighted by atomic mass is 127. The van der Waals surface area contributed by atoms with Crippen LogP contribution in [0, 0.1) is 3.57 Å². The largest absolute Gasteiger partial charge is 0.493 e. The van der Waals surface area contributed by atoms with Gasteiger partial charge in [0.05, 0.1) is 38.6 Å². The molecule has 2 N–H and O–H groups in total. The molecule has 0 saturated heterocycles. The average molecular weight is 789 g/mol. The van der Waals surface area contributed by atoms with Gasteiger partial charge in [-0.1, -0.05) is 57.9 Å². The summed E-state index contributed by atoms with van der Waals surface area (Å²) in [4.78, 5) is 29.9. The molecule has 0 aliphatic carbocycles. The molecule has 5 aromatic rings. The summed E-state index contributed by atoms with van der Waals surface area (Å²) >= 11 is 12.2. The number of halogens is 3. The van der Waals surface area contributed by atoms with Gasteiger partial charge in [-0.05, 0) is 65.1 Å². The molecule has 1 amide bonds. The van der Waals surface area contributed by atoms with Gasteiger partial charge in [0.1, 0.15) is 11.4 Å². The summed E-state index contributed by atoms with van der Waals surface area (Å²) in [7, 11) is 4.39.